The van der Waals surface area contributed by atoms with E-state index in [0.29, 0.717) is 11.9 Å². The Balaban J connectivity index is 1.37. The van der Waals surface area contributed by atoms with Gasteiger partial charge in [-0.1, -0.05) is 0 Å². The molecular weight excluding hydrogens is 314 g/mol. The van der Waals surface area contributed by atoms with Gasteiger partial charge >= 0.3 is 0 Å². The fourth-order valence-corrected chi connectivity index (χ4v) is 3.43. The van der Waals surface area contributed by atoms with Gasteiger partial charge in [0.1, 0.15) is 5.82 Å². The number of fused-ring (bicyclic) bond motifs is 1. The number of hydrogen-bond donors (Lipinski definition) is 2. The number of nitrogens with zero attached hydrogens (tertiary/aromatic N) is 5. The summed E-state index contributed by atoms with van der Waals surface area (Å²) in [6.07, 6.45) is 12.8. The number of nitrogen functional groups attached to an aromatic ring is 1. The van der Waals surface area contributed by atoms with Crippen molar-refractivity contribution >= 4 is 17.2 Å². The topological polar surface area (TPSA) is 84.4 Å². The van der Waals surface area contributed by atoms with Crippen molar-refractivity contribution < 1.29 is 0 Å². The zero-order chi connectivity index (χ0) is 17.1. The van der Waals surface area contributed by atoms with Crippen molar-refractivity contribution in [1.82, 2.24) is 24.3 Å². The fourth-order valence-electron chi connectivity index (χ4n) is 3.43. The van der Waals surface area contributed by atoms with Crippen molar-refractivity contribution in [3.8, 4) is 0 Å². The number of nitrogens with one attached hydrogen (secondary N) is 1. The van der Waals surface area contributed by atoms with Crippen LogP contribution in [0.4, 0.5) is 11.5 Å². The van der Waals surface area contributed by atoms with Crippen LogP contribution in [0.5, 0.6) is 0 Å². The van der Waals surface area contributed by atoms with Crippen molar-refractivity contribution in [2.75, 3.05) is 24.1 Å². The highest BCUT2D eigenvalue weighted by molar-refractivity contribution is 5.46. The first kappa shape index (κ1) is 15.8. The van der Waals surface area contributed by atoms with Crippen LogP contribution >= 0.6 is 0 Å². The zero-order valence-electron chi connectivity index (χ0n) is 14.2. The van der Waals surface area contributed by atoms with Gasteiger partial charge in [-0.3, -0.25) is 14.3 Å². The molecule has 0 amide bonds. The predicted octanol–water partition coefficient (Wildman–Crippen LogP) is 2.17. The molecule has 1 saturated heterocycles. The second kappa shape index (κ2) is 7.06. The summed E-state index contributed by atoms with van der Waals surface area (Å²) in [7, 11) is 0. The lowest BCUT2D eigenvalue weighted by Crippen LogP contribution is -2.26. The molecular formula is C18H23N7. The molecule has 0 radical (unpaired) electrons. The van der Waals surface area contributed by atoms with Crippen LogP contribution in [0.3, 0.4) is 0 Å². The standard InChI is InChI=1S/C18H23N7/c19-17-4-3-15(10-21-17)23-14-2-1-7-24(8-5-14)13-16-11-22-18-12-20-6-9-25(16)18/h3-4,6,9-12,14,23H,1-2,5,7-8,13H2,(H2,19,21)/t14-/m1/s1. The molecule has 1 aliphatic heterocycles. The first-order valence-electron chi connectivity index (χ1n) is 8.74. The number of nitrogens with two attached hydrogens (primary N) is 1. The molecule has 1 atom stereocenters. The van der Waals surface area contributed by atoms with E-state index in [2.05, 4.69) is 29.6 Å². The summed E-state index contributed by atoms with van der Waals surface area (Å²) in [6, 6.07) is 4.31. The minimum absolute atomic E-state index is 0.474. The average molecular weight is 337 g/mol. The number of likely N-dealkylation sites (tertiary alicyclic amines) is 1. The van der Waals surface area contributed by atoms with Crippen LogP contribution in [-0.2, 0) is 6.54 Å². The highest BCUT2D eigenvalue weighted by atomic mass is 15.2. The summed E-state index contributed by atoms with van der Waals surface area (Å²) < 4.78 is 2.12. The SMILES string of the molecule is Nc1ccc(N[C@@H]2CCCN(Cc3cnc4cnccn34)CC2)cn1. The maximum absolute atomic E-state index is 5.65. The van der Waals surface area contributed by atoms with Crippen LogP contribution in [0.25, 0.3) is 5.65 Å². The van der Waals surface area contributed by atoms with Crippen LogP contribution in [-0.4, -0.2) is 43.4 Å². The van der Waals surface area contributed by atoms with E-state index in [-0.39, 0.29) is 0 Å². The van der Waals surface area contributed by atoms with Gasteiger partial charge in [0, 0.05) is 31.5 Å². The maximum Gasteiger partial charge on any atom is 0.155 e. The summed E-state index contributed by atoms with van der Waals surface area (Å²) >= 11 is 0. The Labute approximate surface area is 146 Å². The molecule has 130 valence electrons. The Morgan fingerprint density at radius 2 is 2.08 bits per heavy atom. The monoisotopic (exact) mass is 337 g/mol. The second-order valence-corrected chi connectivity index (χ2v) is 6.57. The molecule has 0 aromatic carbocycles. The summed E-state index contributed by atoms with van der Waals surface area (Å²) in [5, 5.41) is 3.59. The highest BCUT2D eigenvalue weighted by Crippen LogP contribution is 2.18. The Morgan fingerprint density at radius 3 is 2.96 bits per heavy atom. The minimum atomic E-state index is 0.474. The smallest absolute Gasteiger partial charge is 0.155 e. The summed E-state index contributed by atoms with van der Waals surface area (Å²) in [4.78, 5) is 15.2. The first-order chi connectivity index (χ1) is 12.3. The predicted molar refractivity (Wildman–Crippen MR) is 98.2 cm³/mol. The lowest BCUT2D eigenvalue weighted by Gasteiger charge is -2.20. The van der Waals surface area contributed by atoms with Gasteiger partial charge in [0.2, 0.25) is 0 Å². The van der Waals surface area contributed by atoms with Crippen molar-refractivity contribution in [3.05, 3.63) is 48.8 Å². The minimum Gasteiger partial charge on any atom is -0.384 e. The zero-order valence-corrected chi connectivity index (χ0v) is 14.2. The van der Waals surface area contributed by atoms with Gasteiger partial charge in [0.15, 0.2) is 5.65 Å². The van der Waals surface area contributed by atoms with Crippen LogP contribution in [0, 0.1) is 0 Å². The maximum atomic E-state index is 5.65. The van der Waals surface area contributed by atoms with Crippen LogP contribution in [0.15, 0.2) is 43.1 Å². The molecule has 0 saturated carbocycles. The van der Waals surface area contributed by atoms with E-state index in [9.17, 15) is 0 Å². The normalized spacial score (nSPS) is 19.0. The molecule has 0 unspecified atom stereocenters. The third-order valence-electron chi connectivity index (χ3n) is 4.76. The molecule has 1 aliphatic rings. The van der Waals surface area contributed by atoms with E-state index in [0.717, 1.165) is 43.8 Å². The largest absolute Gasteiger partial charge is 0.384 e. The van der Waals surface area contributed by atoms with Gasteiger partial charge in [-0.2, -0.15) is 0 Å². The summed E-state index contributed by atoms with van der Waals surface area (Å²) in [5.74, 6) is 0.556. The summed E-state index contributed by atoms with van der Waals surface area (Å²) in [6.45, 7) is 3.09. The van der Waals surface area contributed by atoms with Crippen molar-refractivity contribution in [3.63, 3.8) is 0 Å². The van der Waals surface area contributed by atoms with Gasteiger partial charge in [-0.05, 0) is 37.9 Å². The molecule has 4 rings (SSSR count). The third-order valence-corrected chi connectivity index (χ3v) is 4.76. The van der Waals surface area contributed by atoms with Crippen LogP contribution in [0.2, 0.25) is 0 Å². The molecule has 0 aliphatic carbocycles. The van der Waals surface area contributed by atoms with Gasteiger partial charge in [0.05, 0.1) is 30.0 Å². The Bertz CT molecular complexity index is 827. The molecule has 7 nitrogen and oxygen atoms in total. The van der Waals surface area contributed by atoms with E-state index in [1.54, 1.807) is 12.4 Å². The quantitative estimate of drug-likeness (QED) is 0.759. The average Bonchev–Trinajstić information content (AvgIpc) is 2.90. The van der Waals surface area contributed by atoms with Gasteiger partial charge in [-0.15, -0.1) is 0 Å². The van der Waals surface area contributed by atoms with E-state index in [1.807, 2.05) is 30.7 Å². The first-order valence-corrected chi connectivity index (χ1v) is 8.74. The number of hydrogen-bond acceptors (Lipinski definition) is 6. The van der Waals surface area contributed by atoms with Crippen molar-refractivity contribution in [2.24, 2.45) is 0 Å². The van der Waals surface area contributed by atoms with Gasteiger partial charge in [0.25, 0.3) is 0 Å². The summed E-state index contributed by atoms with van der Waals surface area (Å²) in [5.41, 5.74) is 8.81. The lowest BCUT2D eigenvalue weighted by atomic mass is 10.1. The molecule has 4 heterocycles. The van der Waals surface area contributed by atoms with Crippen molar-refractivity contribution in [1.29, 1.82) is 0 Å². The molecule has 3 aromatic rings. The van der Waals surface area contributed by atoms with E-state index in [1.165, 1.54) is 12.1 Å². The number of imidazole rings is 1. The molecule has 3 aromatic heterocycles. The van der Waals surface area contributed by atoms with Crippen LogP contribution in [0.1, 0.15) is 25.0 Å². The molecule has 3 N–H and O–H groups in total. The third kappa shape index (κ3) is 3.71. The Morgan fingerprint density at radius 1 is 1.12 bits per heavy atom. The lowest BCUT2D eigenvalue weighted by molar-refractivity contribution is 0.272. The molecule has 25 heavy (non-hydrogen) atoms. The Kier molecular flexibility index (Phi) is 4.47. The van der Waals surface area contributed by atoms with Crippen LogP contribution < -0.4 is 11.1 Å². The molecule has 7 heteroatoms. The highest BCUT2D eigenvalue weighted by Gasteiger charge is 2.18. The second-order valence-electron chi connectivity index (χ2n) is 6.57. The molecule has 0 spiro atoms. The van der Waals surface area contributed by atoms with E-state index >= 15 is 0 Å². The van der Waals surface area contributed by atoms with Gasteiger partial charge in [-0.25, -0.2) is 9.97 Å². The number of rotatable bonds is 4. The fraction of sp³-hybridized carbons (Fsp3) is 0.389. The Hall–Kier alpha value is -2.67. The molecule has 1 fully saturated rings. The molecule has 0 bridgehead atoms. The van der Waals surface area contributed by atoms with Crippen molar-refractivity contribution in [2.45, 2.75) is 31.8 Å². The van der Waals surface area contributed by atoms with E-state index < -0.39 is 0 Å². The number of pyridine rings is 1. The van der Waals surface area contributed by atoms with Gasteiger partial charge < -0.3 is 11.1 Å². The number of anilines is 2. The number of aromatic nitrogens is 4. The van der Waals surface area contributed by atoms with E-state index in [4.69, 9.17) is 5.73 Å².